The largest absolute Gasteiger partial charge is 0.328 e. The van der Waals surface area contributed by atoms with Gasteiger partial charge in [0.25, 0.3) is 10.2 Å². The topological polar surface area (TPSA) is 75.4 Å². The van der Waals surface area contributed by atoms with E-state index >= 15 is 0 Å². The molecule has 0 amide bonds. The van der Waals surface area contributed by atoms with Crippen LogP contribution in [-0.4, -0.2) is 38.4 Å². The minimum absolute atomic E-state index is 0.318. The first-order chi connectivity index (χ1) is 9.08. The van der Waals surface area contributed by atoms with E-state index in [0.717, 1.165) is 51.4 Å². The van der Waals surface area contributed by atoms with Crippen molar-refractivity contribution < 1.29 is 8.42 Å². The van der Waals surface area contributed by atoms with Gasteiger partial charge in [-0.05, 0) is 44.4 Å². The molecule has 5 nitrogen and oxygen atoms in total. The van der Waals surface area contributed by atoms with Crippen LogP contribution in [0.4, 0.5) is 0 Å². The number of hydrogen-bond acceptors (Lipinski definition) is 3. The number of hydrogen-bond donors (Lipinski definition) is 2. The van der Waals surface area contributed by atoms with Gasteiger partial charge in [0.15, 0.2) is 0 Å². The molecule has 0 atom stereocenters. The molecule has 1 heterocycles. The molecule has 6 heteroatoms. The fourth-order valence-corrected chi connectivity index (χ4v) is 4.36. The molecule has 2 aliphatic rings. The van der Waals surface area contributed by atoms with Crippen molar-refractivity contribution in [1.82, 2.24) is 9.03 Å². The monoisotopic (exact) mass is 289 g/mol. The van der Waals surface area contributed by atoms with Crippen LogP contribution in [0.25, 0.3) is 0 Å². The highest BCUT2D eigenvalue weighted by atomic mass is 32.2. The first kappa shape index (κ1) is 15.2. The van der Waals surface area contributed by atoms with E-state index < -0.39 is 10.2 Å². The molecular weight excluding hydrogens is 262 g/mol. The molecule has 1 aliphatic heterocycles. The zero-order valence-corrected chi connectivity index (χ0v) is 12.5. The molecule has 1 saturated heterocycles. The number of nitrogens with zero attached hydrogens (tertiary/aromatic N) is 1. The van der Waals surface area contributed by atoms with Crippen LogP contribution in [-0.2, 0) is 10.2 Å². The van der Waals surface area contributed by atoms with Gasteiger partial charge >= 0.3 is 0 Å². The zero-order chi connectivity index (χ0) is 13.7. The Morgan fingerprint density at radius 3 is 2.16 bits per heavy atom. The molecular formula is C13H27N3O2S. The highest BCUT2D eigenvalue weighted by molar-refractivity contribution is 7.87. The van der Waals surface area contributed by atoms with Crippen LogP contribution in [0.2, 0.25) is 0 Å². The lowest BCUT2D eigenvalue weighted by Crippen LogP contribution is -2.43. The minimum atomic E-state index is -3.27. The predicted octanol–water partition coefficient (Wildman–Crippen LogP) is 1.21. The van der Waals surface area contributed by atoms with Crippen molar-refractivity contribution in [2.45, 2.75) is 57.4 Å². The van der Waals surface area contributed by atoms with Crippen molar-refractivity contribution in [1.29, 1.82) is 0 Å². The predicted molar refractivity (Wildman–Crippen MR) is 76.9 cm³/mol. The lowest BCUT2D eigenvalue weighted by molar-refractivity contribution is 0.322. The normalized spacial score (nSPS) is 31.0. The van der Waals surface area contributed by atoms with Crippen molar-refractivity contribution in [2.75, 3.05) is 19.6 Å². The molecule has 3 N–H and O–H groups in total. The Morgan fingerprint density at radius 1 is 1.00 bits per heavy atom. The van der Waals surface area contributed by atoms with Crippen LogP contribution < -0.4 is 10.5 Å². The molecule has 0 unspecified atom stereocenters. The molecule has 19 heavy (non-hydrogen) atoms. The summed E-state index contributed by atoms with van der Waals surface area (Å²) < 4.78 is 28.9. The van der Waals surface area contributed by atoms with Gasteiger partial charge in [0.1, 0.15) is 0 Å². The summed E-state index contributed by atoms with van der Waals surface area (Å²) in [6.07, 6.45) is 8.40. The van der Waals surface area contributed by atoms with E-state index in [1.807, 2.05) is 0 Å². The summed E-state index contributed by atoms with van der Waals surface area (Å²) in [5.74, 6) is 0.460. The van der Waals surface area contributed by atoms with Gasteiger partial charge in [0, 0.05) is 25.7 Å². The van der Waals surface area contributed by atoms with E-state index in [9.17, 15) is 8.42 Å². The highest BCUT2D eigenvalue weighted by Crippen LogP contribution is 2.22. The van der Waals surface area contributed by atoms with Crippen molar-refractivity contribution in [3.63, 3.8) is 0 Å². The van der Waals surface area contributed by atoms with Gasteiger partial charge in [-0.15, -0.1) is 0 Å². The van der Waals surface area contributed by atoms with Gasteiger partial charge in [-0.25, -0.2) is 4.72 Å². The van der Waals surface area contributed by atoms with Crippen LogP contribution in [0, 0.1) is 5.92 Å². The summed E-state index contributed by atoms with van der Waals surface area (Å²) in [7, 11) is -3.27. The van der Waals surface area contributed by atoms with E-state index in [1.165, 1.54) is 0 Å². The average Bonchev–Trinajstić information content (AvgIpc) is 2.67. The Labute approximate surface area is 117 Å². The van der Waals surface area contributed by atoms with Crippen molar-refractivity contribution in [3.05, 3.63) is 0 Å². The standard InChI is InChI=1S/C13H27N3O2S/c14-13-7-5-12(6-8-13)11-15-19(17,18)16-9-3-1-2-4-10-16/h12-13,15H,1-11,14H2. The van der Waals surface area contributed by atoms with Gasteiger partial charge in [-0.1, -0.05) is 12.8 Å². The second-order valence-corrected chi connectivity index (χ2v) is 7.70. The van der Waals surface area contributed by atoms with Crippen molar-refractivity contribution in [2.24, 2.45) is 11.7 Å². The molecule has 112 valence electrons. The first-order valence-corrected chi connectivity index (χ1v) is 9.02. The van der Waals surface area contributed by atoms with Gasteiger partial charge in [0.2, 0.25) is 0 Å². The van der Waals surface area contributed by atoms with Gasteiger partial charge in [-0.2, -0.15) is 12.7 Å². The number of nitrogens with one attached hydrogen (secondary N) is 1. The van der Waals surface area contributed by atoms with E-state index in [-0.39, 0.29) is 0 Å². The van der Waals surface area contributed by atoms with Crippen LogP contribution >= 0.6 is 0 Å². The maximum atomic E-state index is 12.2. The molecule has 2 fully saturated rings. The molecule has 0 aromatic carbocycles. The second-order valence-electron chi connectivity index (χ2n) is 5.95. The molecule has 0 radical (unpaired) electrons. The smallest absolute Gasteiger partial charge is 0.279 e. The summed E-state index contributed by atoms with van der Waals surface area (Å²) in [6.45, 7) is 1.92. The summed E-state index contributed by atoms with van der Waals surface area (Å²) in [5, 5.41) is 0. The Kier molecular flexibility index (Phi) is 5.62. The fraction of sp³-hybridized carbons (Fsp3) is 1.00. The molecule has 0 aromatic heterocycles. The SMILES string of the molecule is NC1CCC(CNS(=O)(=O)N2CCCCCC2)CC1. The molecule has 1 saturated carbocycles. The highest BCUT2D eigenvalue weighted by Gasteiger charge is 2.25. The molecule has 2 rings (SSSR count). The van der Waals surface area contributed by atoms with Gasteiger partial charge < -0.3 is 5.73 Å². The quantitative estimate of drug-likeness (QED) is 0.817. The summed E-state index contributed by atoms with van der Waals surface area (Å²) in [6, 6.07) is 0.318. The Hall–Kier alpha value is -0.170. The van der Waals surface area contributed by atoms with Crippen LogP contribution in [0.5, 0.6) is 0 Å². The summed E-state index contributed by atoms with van der Waals surface area (Å²) >= 11 is 0. The zero-order valence-electron chi connectivity index (χ0n) is 11.7. The number of nitrogens with two attached hydrogens (primary N) is 1. The van der Waals surface area contributed by atoms with E-state index in [4.69, 9.17) is 5.73 Å². The van der Waals surface area contributed by atoms with Gasteiger partial charge in [0.05, 0.1) is 0 Å². The third-order valence-corrected chi connectivity index (χ3v) is 5.93. The van der Waals surface area contributed by atoms with Crippen molar-refractivity contribution in [3.8, 4) is 0 Å². The van der Waals surface area contributed by atoms with Gasteiger partial charge in [-0.3, -0.25) is 0 Å². The molecule has 0 aromatic rings. The van der Waals surface area contributed by atoms with Crippen LogP contribution in [0.15, 0.2) is 0 Å². The van der Waals surface area contributed by atoms with E-state index in [1.54, 1.807) is 4.31 Å². The lowest BCUT2D eigenvalue weighted by atomic mass is 9.87. The maximum absolute atomic E-state index is 12.2. The van der Waals surface area contributed by atoms with Crippen LogP contribution in [0.3, 0.4) is 0 Å². The van der Waals surface area contributed by atoms with Crippen LogP contribution in [0.1, 0.15) is 51.4 Å². The molecule has 1 aliphatic carbocycles. The lowest BCUT2D eigenvalue weighted by Gasteiger charge is -2.27. The Bertz CT molecular complexity index is 356. The third-order valence-electron chi connectivity index (χ3n) is 4.35. The first-order valence-electron chi connectivity index (χ1n) is 7.58. The van der Waals surface area contributed by atoms with E-state index in [0.29, 0.717) is 31.6 Å². The Balaban J connectivity index is 1.79. The molecule has 0 spiro atoms. The summed E-state index contributed by atoms with van der Waals surface area (Å²) in [5.41, 5.74) is 5.87. The fourth-order valence-electron chi connectivity index (χ4n) is 2.99. The average molecular weight is 289 g/mol. The minimum Gasteiger partial charge on any atom is -0.328 e. The Morgan fingerprint density at radius 2 is 1.58 bits per heavy atom. The third kappa shape index (κ3) is 4.70. The second kappa shape index (κ2) is 7.02. The molecule has 0 bridgehead atoms. The van der Waals surface area contributed by atoms with Crippen molar-refractivity contribution >= 4 is 10.2 Å². The van der Waals surface area contributed by atoms with E-state index in [2.05, 4.69) is 4.72 Å². The maximum Gasteiger partial charge on any atom is 0.279 e. The number of rotatable bonds is 4. The summed E-state index contributed by atoms with van der Waals surface area (Å²) in [4.78, 5) is 0.